The molecule has 14 heavy (non-hydrogen) atoms. The van der Waals surface area contributed by atoms with Gasteiger partial charge >= 0.3 is 0 Å². The smallest absolute Gasteiger partial charge is 0.0538 e. The standard InChI is InChI=1S/C11H16N2S/c1-4-13(5-2)10-8-6-7-9-11(10)14-12-3/h6-9H,3-5H2,1-2H3. The molecule has 3 heteroatoms. The summed E-state index contributed by atoms with van der Waals surface area (Å²) in [5.41, 5.74) is 1.25. The largest absolute Gasteiger partial charge is 0.371 e. The average molecular weight is 208 g/mol. The number of nitrogens with zero attached hydrogens (tertiary/aromatic N) is 2. The van der Waals surface area contributed by atoms with E-state index in [4.69, 9.17) is 0 Å². The van der Waals surface area contributed by atoms with E-state index in [-0.39, 0.29) is 0 Å². The molecule has 0 saturated carbocycles. The summed E-state index contributed by atoms with van der Waals surface area (Å²) >= 11 is 1.43. The Morgan fingerprint density at radius 1 is 1.29 bits per heavy atom. The quantitative estimate of drug-likeness (QED) is 0.545. The third kappa shape index (κ3) is 2.51. The summed E-state index contributed by atoms with van der Waals surface area (Å²) in [7, 11) is 0. The van der Waals surface area contributed by atoms with Gasteiger partial charge in [-0.3, -0.25) is 0 Å². The van der Waals surface area contributed by atoms with Gasteiger partial charge in [0.25, 0.3) is 0 Å². The predicted octanol–water partition coefficient (Wildman–Crippen LogP) is 3.24. The van der Waals surface area contributed by atoms with Gasteiger partial charge in [0.05, 0.1) is 10.6 Å². The molecule has 0 N–H and O–H groups in total. The molecule has 0 fully saturated rings. The maximum absolute atomic E-state index is 3.86. The molecule has 1 aromatic carbocycles. The maximum Gasteiger partial charge on any atom is 0.0538 e. The summed E-state index contributed by atoms with van der Waals surface area (Å²) in [5, 5.41) is 0. The normalized spacial score (nSPS) is 9.86. The minimum Gasteiger partial charge on any atom is -0.371 e. The summed E-state index contributed by atoms with van der Waals surface area (Å²) in [6, 6.07) is 8.29. The molecule has 0 aliphatic heterocycles. The monoisotopic (exact) mass is 208 g/mol. The van der Waals surface area contributed by atoms with Crippen LogP contribution in [0, 0.1) is 0 Å². The second kappa shape index (κ2) is 5.70. The summed E-state index contributed by atoms with van der Waals surface area (Å²) in [4.78, 5) is 3.49. The molecule has 0 amide bonds. The summed E-state index contributed by atoms with van der Waals surface area (Å²) < 4.78 is 3.86. The first-order chi connectivity index (χ1) is 6.83. The van der Waals surface area contributed by atoms with Gasteiger partial charge in [-0.25, -0.2) is 4.40 Å². The lowest BCUT2D eigenvalue weighted by atomic mass is 10.3. The van der Waals surface area contributed by atoms with Gasteiger partial charge in [0.1, 0.15) is 0 Å². The molecule has 0 aliphatic carbocycles. The van der Waals surface area contributed by atoms with Crippen LogP contribution in [-0.2, 0) is 0 Å². The molecule has 1 aromatic rings. The van der Waals surface area contributed by atoms with Gasteiger partial charge in [0, 0.05) is 25.0 Å². The molecule has 0 unspecified atom stereocenters. The van der Waals surface area contributed by atoms with Gasteiger partial charge in [-0.1, -0.05) is 12.1 Å². The molecule has 1 rings (SSSR count). The van der Waals surface area contributed by atoms with Crippen LogP contribution < -0.4 is 4.90 Å². The van der Waals surface area contributed by atoms with Crippen LogP contribution in [0.3, 0.4) is 0 Å². The van der Waals surface area contributed by atoms with E-state index in [1.165, 1.54) is 22.5 Å². The van der Waals surface area contributed by atoms with E-state index in [9.17, 15) is 0 Å². The van der Waals surface area contributed by atoms with E-state index in [1.807, 2.05) is 6.07 Å². The fourth-order valence-electron chi connectivity index (χ4n) is 1.43. The van der Waals surface area contributed by atoms with E-state index >= 15 is 0 Å². The second-order valence-electron chi connectivity index (χ2n) is 2.86. The first-order valence-corrected chi connectivity index (χ1v) is 5.57. The lowest BCUT2D eigenvalue weighted by Crippen LogP contribution is -2.22. The topological polar surface area (TPSA) is 15.6 Å². The van der Waals surface area contributed by atoms with Crippen LogP contribution in [-0.4, -0.2) is 19.8 Å². The number of para-hydroxylation sites is 1. The molecule has 0 heterocycles. The zero-order chi connectivity index (χ0) is 10.4. The number of rotatable bonds is 5. The Balaban J connectivity index is 2.98. The van der Waals surface area contributed by atoms with Gasteiger partial charge < -0.3 is 4.90 Å². The van der Waals surface area contributed by atoms with E-state index in [1.54, 1.807) is 0 Å². The summed E-state index contributed by atoms with van der Waals surface area (Å²) in [5.74, 6) is 0. The first kappa shape index (κ1) is 11.1. The Labute approximate surface area is 90.2 Å². The highest BCUT2D eigenvalue weighted by molar-refractivity contribution is 7.98. The summed E-state index contributed by atoms with van der Waals surface area (Å²) in [6.45, 7) is 9.86. The van der Waals surface area contributed by atoms with Crippen LogP contribution in [0.4, 0.5) is 5.69 Å². The van der Waals surface area contributed by atoms with E-state index in [2.05, 4.69) is 48.1 Å². The zero-order valence-electron chi connectivity index (χ0n) is 8.73. The predicted molar refractivity (Wildman–Crippen MR) is 65.4 cm³/mol. The van der Waals surface area contributed by atoms with E-state index in [0.29, 0.717) is 0 Å². The van der Waals surface area contributed by atoms with Crippen molar-refractivity contribution >= 4 is 24.4 Å². The maximum atomic E-state index is 3.86. The van der Waals surface area contributed by atoms with Gasteiger partial charge in [0.2, 0.25) is 0 Å². The van der Waals surface area contributed by atoms with Gasteiger partial charge in [-0.05, 0) is 32.7 Å². The molecule has 0 aliphatic rings. The van der Waals surface area contributed by atoms with Crippen molar-refractivity contribution in [1.29, 1.82) is 0 Å². The highest BCUT2D eigenvalue weighted by atomic mass is 32.2. The molecule has 0 bridgehead atoms. The van der Waals surface area contributed by atoms with Gasteiger partial charge in [-0.2, -0.15) is 0 Å². The zero-order valence-corrected chi connectivity index (χ0v) is 9.55. The number of benzene rings is 1. The highest BCUT2D eigenvalue weighted by Gasteiger charge is 2.06. The molecule has 0 atom stereocenters. The Morgan fingerprint density at radius 3 is 2.50 bits per heavy atom. The Kier molecular flexibility index (Phi) is 4.53. The highest BCUT2D eigenvalue weighted by Crippen LogP contribution is 2.29. The van der Waals surface area contributed by atoms with Crippen molar-refractivity contribution in [2.75, 3.05) is 18.0 Å². The van der Waals surface area contributed by atoms with Crippen molar-refractivity contribution in [3.63, 3.8) is 0 Å². The molecular weight excluding hydrogens is 192 g/mol. The van der Waals surface area contributed by atoms with Crippen molar-refractivity contribution in [2.45, 2.75) is 18.7 Å². The molecule has 0 aromatic heterocycles. The lowest BCUT2D eigenvalue weighted by Gasteiger charge is -2.22. The van der Waals surface area contributed by atoms with E-state index in [0.717, 1.165) is 13.1 Å². The average Bonchev–Trinajstić information content (AvgIpc) is 2.23. The van der Waals surface area contributed by atoms with Crippen LogP contribution in [0.1, 0.15) is 13.8 Å². The number of hydrogen-bond donors (Lipinski definition) is 0. The number of anilines is 1. The van der Waals surface area contributed by atoms with Crippen LogP contribution >= 0.6 is 11.9 Å². The van der Waals surface area contributed by atoms with Gasteiger partial charge in [-0.15, -0.1) is 0 Å². The minimum absolute atomic E-state index is 1.02. The molecular formula is C11H16N2S. The van der Waals surface area contributed by atoms with Crippen LogP contribution in [0.25, 0.3) is 0 Å². The van der Waals surface area contributed by atoms with Crippen molar-refractivity contribution < 1.29 is 0 Å². The van der Waals surface area contributed by atoms with Crippen molar-refractivity contribution in [2.24, 2.45) is 4.40 Å². The lowest BCUT2D eigenvalue weighted by molar-refractivity contribution is 0.855. The molecule has 76 valence electrons. The molecule has 0 radical (unpaired) electrons. The molecule has 2 nitrogen and oxygen atoms in total. The summed E-state index contributed by atoms with van der Waals surface area (Å²) in [6.07, 6.45) is 0. The van der Waals surface area contributed by atoms with Crippen molar-refractivity contribution in [3.8, 4) is 0 Å². The third-order valence-electron chi connectivity index (χ3n) is 2.13. The Hall–Kier alpha value is -0.960. The fraction of sp³-hybridized carbons (Fsp3) is 0.364. The first-order valence-electron chi connectivity index (χ1n) is 4.80. The second-order valence-corrected chi connectivity index (χ2v) is 3.74. The fourth-order valence-corrected chi connectivity index (χ4v) is 2.00. The van der Waals surface area contributed by atoms with Crippen LogP contribution in [0.2, 0.25) is 0 Å². The Bertz CT molecular complexity index is 295. The minimum atomic E-state index is 1.02. The SMILES string of the molecule is C=NSc1ccccc1N(CC)CC. The number of hydrogen-bond acceptors (Lipinski definition) is 3. The Morgan fingerprint density at radius 2 is 1.93 bits per heavy atom. The van der Waals surface area contributed by atoms with Gasteiger partial charge in [0.15, 0.2) is 0 Å². The van der Waals surface area contributed by atoms with Crippen LogP contribution in [0.15, 0.2) is 33.6 Å². The van der Waals surface area contributed by atoms with Crippen molar-refractivity contribution in [1.82, 2.24) is 0 Å². The van der Waals surface area contributed by atoms with Crippen molar-refractivity contribution in [3.05, 3.63) is 24.3 Å². The van der Waals surface area contributed by atoms with E-state index < -0.39 is 0 Å². The third-order valence-corrected chi connectivity index (χ3v) is 2.80. The molecule has 0 spiro atoms. The van der Waals surface area contributed by atoms with Crippen LogP contribution in [0.5, 0.6) is 0 Å². The molecule has 0 saturated heterocycles.